The number of benzene rings is 2. The Bertz CT molecular complexity index is 1140. The van der Waals surface area contributed by atoms with E-state index in [0.29, 0.717) is 34.9 Å². The van der Waals surface area contributed by atoms with Gasteiger partial charge in [-0.3, -0.25) is 14.6 Å². The Labute approximate surface area is 177 Å². The third-order valence-corrected chi connectivity index (χ3v) is 5.47. The second-order valence-electron chi connectivity index (χ2n) is 7.47. The number of hydrogen-bond acceptors (Lipinski definition) is 5. The Morgan fingerprint density at radius 2 is 1.77 bits per heavy atom. The third kappa shape index (κ3) is 3.91. The number of oxazole rings is 1. The molecule has 2 atom stereocenters. The smallest absolute Gasteiger partial charge is 0.408 e. The van der Waals surface area contributed by atoms with Crippen LogP contribution in [0.2, 0.25) is 5.02 Å². The molecule has 1 saturated heterocycles. The van der Waals surface area contributed by atoms with Crippen LogP contribution in [0.5, 0.6) is 0 Å². The van der Waals surface area contributed by atoms with Crippen molar-refractivity contribution < 1.29 is 14.0 Å². The molecular formula is C21H21ClN4O4. The number of fused-ring (bicyclic) bond motifs is 1. The number of halogens is 1. The van der Waals surface area contributed by atoms with E-state index in [1.165, 1.54) is 6.07 Å². The van der Waals surface area contributed by atoms with E-state index in [0.717, 1.165) is 5.69 Å². The number of aromatic amines is 1. The molecule has 2 N–H and O–H groups in total. The first kappa shape index (κ1) is 20.0. The van der Waals surface area contributed by atoms with Crippen LogP contribution in [0.1, 0.15) is 13.8 Å². The summed E-state index contributed by atoms with van der Waals surface area (Å²) in [5.41, 5.74) is 2.23. The number of piperazine rings is 1. The molecular weight excluding hydrogens is 408 g/mol. The first-order valence-corrected chi connectivity index (χ1v) is 9.96. The van der Waals surface area contributed by atoms with Gasteiger partial charge in [0.05, 0.1) is 5.52 Å². The number of anilines is 2. The van der Waals surface area contributed by atoms with Crippen LogP contribution in [0, 0.1) is 0 Å². The van der Waals surface area contributed by atoms with E-state index in [1.807, 2.05) is 38.1 Å². The maximum Gasteiger partial charge on any atom is 0.417 e. The summed E-state index contributed by atoms with van der Waals surface area (Å²) in [4.78, 5) is 43.1. The molecule has 2 heterocycles. The van der Waals surface area contributed by atoms with E-state index in [1.54, 1.807) is 17.0 Å². The van der Waals surface area contributed by atoms with Crippen molar-refractivity contribution in [2.45, 2.75) is 25.9 Å². The Balaban J connectivity index is 1.45. The lowest BCUT2D eigenvalue weighted by atomic mass is 10.1. The zero-order chi connectivity index (χ0) is 21.4. The largest absolute Gasteiger partial charge is 0.417 e. The van der Waals surface area contributed by atoms with Gasteiger partial charge in [0.25, 0.3) is 0 Å². The maximum atomic E-state index is 12.9. The van der Waals surface area contributed by atoms with Crippen molar-refractivity contribution in [1.82, 2.24) is 9.88 Å². The van der Waals surface area contributed by atoms with Crippen molar-refractivity contribution in [3.05, 3.63) is 58.0 Å². The van der Waals surface area contributed by atoms with Crippen molar-refractivity contribution in [2.75, 3.05) is 23.3 Å². The molecule has 2 aromatic carbocycles. The van der Waals surface area contributed by atoms with E-state index < -0.39 is 17.6 Å². The van der Waals surface area contributed by atoms with Gasteiger partial charge in [-0.25, -0.2) is 4.79 Å². The number of carbonyl (C=O) groups excluding carboxylic acids is 2. The highest BCUT2D eigenvalue weighted by molar-refractivity contribution is 6.39. The van der Waals surface area contributed by atoms with Gasteiger partial charge in [-0.05, 0) is 50.2 Å². The highest BCUT2D eigenvalue weighted by atomic mass is 35.5. The number of nitrogens with zero attached hydrogens (tertiary/aromatic N) is 2. The van der Waals surface area contributed by atoms with Crippen LogP contribution in [0.4, 0.5) is 11.4 Å². The van der Waals surface area contributed by atoms with Gasteiger partial charge in [0.2, 0.25) is 0 Å². The average Bonchev–Trinajstić information content (AvgIpc) is 3.07. The predicted molar refractivity (Wildman–Crippen MR) is 115 cm³/mol. The molecule has 2 amide bonds. The fourth-order valence-corrected chi connectivity index (χ4v) is 4.04. The lowest BCUT2D eigenvalue weighted by molar-refractivity contribution is -0.146. The predicted octanol–water partition coefficient (Wildman–Crippen LogP) is 2.84. The molecule has 9 heteroatoms. The maximum absolute atomic E-state index is 12.9. The standard InChI is InChI=1S/C21H21ClN4O4/c1-12-10-25(16-6-3-14(22)4-7-16)11-13(2)26(12)20(28)19(27)23-15-5-8-17-18(9-15)30-21(29)24-17/h3-9,12-13H,10-11H2,1-2H3,(H,23,27)(H,24,29)/t12-,13+. The quantitative estimate of drug-likeness (QED) is 0.611. The molecule has 1 aliphatic heterocycles. The number of aromatic nitrogens is 1. The summed E-state index contributed by atoms with van der Waals surface area (Å²) in [7, 11) is 0. The summed E-state index contributed by atoms with van der Waals surface area (Å²) < 4.78 is 4.99. The minimum atomic E-state index is -0.731. The number of nitrogens with one attached hydrogen (secondary N) is 2. The molecule has 0 unspecified atom stereocenters. The van der Waals surface area contributed by atoms with Crippen molar-refractivity contribution in [3.8, 4) is 0 Å². The summed E-state index contributed by atoms with van der Waals surface area (Å²) in [6.07, 6.45) is 0. The van der Waals surface area contributed by atoms with Crippen LogP contribution < -0.4 is 16.0 Å². The number of H-pyrrole nitrogens is 1. The number of rotatable bonds is 2. The Hall–Kier alpha value is -3.26. The van der Waals surface area contributed by atoms with E-state index in [4.69, 9.17) is 16.0 Å². The molecule has 3 aromatic rings. The van der Waals surface area contributed by atoms with Crippen LogP contribution in [0.15, 0.2) is 51.7 Å². The van der Waals surface area contributed by atoms with E-state index >= 15 is 0 Å². The van der Waals surface area contributed by atoms with Crippen LogP contribution in [-0.2, 0) is 9.59 Å². The summed E-state index contributed by atoms with van der Waals surface area (Å²) >= 11 is 5.97. The highest BCUT2D eigenvalue weighted by Gasteiger charge is 2.36. The zero-order valence-electron chi connectivity index (χ0n) is 16.5. The van der Waals surface area contributed by atoms with Gasteiger partial charge in [-0.1, -0.05) is 11.6 Å². The monoisotopic (exact) mass is 428 g/mol. The summed E-state index contributed by atoms with van der Waals surface area (Å²) in [6.45, 7) is 5.05. The van der Waals surface area contributed by atoms with Crippen molar-refractivity contribution in [2.24, 2.45) is 0 Å². The molecule has 1 fully saturated rings. The molecule has 156 valence electrons. The molecule has 1 aliphatic rings. The molecule has 0 spiro atoms. The van der Waals surface area contributed by atoms with Crippen molar-refractivity contribution in [1.29, 1.82) is 0 Å². The molecule has 4 rings (SSSR count). The van der Waals surface area contributed by atoms with Gasteiger partial charge in [0, 0.05) is 47.6 Å². The minimum Gasteiger partial charge on any atom is -0.408 e. The van der Waals surface area contributed by atoms with Crippen LogP contribution >= 0.6 is 11.6 Å². The molecule has 0 saturated carbocycles. The number of hydrogen-bond donors (Lipinski definition) is 2. The third-order valence-electron chi connectivity index (χ3n) is 5.22. The second-order valence-corrected chi connectivity index (χ2v) is 7.91. The fourth-order valence-electron chi connectivity index (χ4n) is 3.91. The summed E-state index contributed by atoms with van der Waals surface area (Å²) in [5, 5.41) is 3.27. The van der Waals surface area contributed by atoms with Gasteiger partial charge >= 0.3 is 17.6 Å². The fraction of sp³-hybridized carbons (Fsp3) is 0.286. The number of amides is 2. The second kappa shape index (κ2) is 7.87. The topological polar surface area (TPSA) is 98.6 Å². The molecule has 0 aliphatic carbocycles. The molecule has 30 heavy (non-hydrogen) atoms. The Morgan fingerprint density at radius 1 is 1.10 bits per heavy atom. The van der Waals surface area contributed by atoms with Gasteiger partial charge < -0.3 is 19.5 Å². The first-order valence-electron chi connectivity index (χ1n) is 9.59. The number of carbonyl (C=O) groups is 2. The van der Waals surface area contributed by atoms with Gasteiger partial charge in [0.15, 0.2) is 5.58 Å². The van der Waals surface area contributed by atoms with Gasteiger partial charge in [0.1, 0.15) is 0 Å². The average molecular weight is 429 g/mol. The van der Waals surface area contributed by atoms with Crippen LogP contribution in [0.3, 0.4) is 0 Å². The van der Waals surface area contributed by atoms with Crippen LogP contribution in [-0.4, -0.2) is 46.9 Å². The zero-order valence-corrected chi connectivity index (χ0v) is 17.3. The first-order chi connectivity index (χ1) is 14.3. The summed E-state index contributed by atoms with van der Waals surface area (Å²) in [6, 6.07) is 12.0. The highest BCUT2D eigenvalue weighted by Crippen LogP contribution is 2.24. The molecule has 0 radical (unpaired) electrons. The Kier molecular flexibility index (Phi) is 5.26. The van der Waals surface area contributed by atoms with E-state index in [2.05, 4.69) is 15.2 Å². The minimum absolute atomic E-state index is 0.159. The van der Waals surface area contributed by atoms with Gasteiger partial charge in [-0.15, -0.1) is 0 Å². The normalized spacial score (nSPS) is 19.2. The van der Waals surface area contributed by atoms with Crippen LogP contribution in [0.25, 0.3) is 11.1 Å². The molecule has 0 bridgehead atoms. The van der Waals surface area contributed by atoms with E-state index in [9.17, 15) is 14.4 Å². The SMILES string of the molecule is C[C@@H]1CN(c2ccc(Cl)cc2)C[C@H](C)N1C(=O)C(=O)Nc1ccc2[nH]c(=O)oc2c1. The van der Waals surface area contributed by atoms with Gasteiger partial charge in [-0.2, -0.15) is 0 Å². The lowest BCUT2D eigenvalue weighted by Crippen LogP contribution is -2.60. The summed E-state index contributed by atoms with van der Waals surface area (Å²) in [5.74, 6) is -1.90. The lowest BCUT2D eigenvalue weighted by Gasteiger charge is -2.45. The molecule has 8 nitrogen and oxygen atoms in total. The molecule has 1 aromatic heterocycles. The Morgan fingerprint density at radius 3 is 2.43 bits per heavy atom. The van der Waals surface area contributed by atoms with E-state index in [-0.39, 0.29) is 12.1 Å². The van der Waals surface area contributed by atoms with Crippen molar-refractivity contribution >= 4 is 45.9 Å². The van der Waals surface area contributed by atoms with Crippen molar-refractivity contribution in [3.63, 3.8) is 0 Å².